The first-order valence-corrected chi connectivity index (χ1v) is 17.6. The summed E-state index contributed by atoms with van der Waals surface area (Å²) in [7, 11) is 0. The van der Waals surface area contributed by atoms with Crippen molar-refractivity contribution in [1.82, 2.24) is 5.32 Å². The molecule has 1 aromatic carbocycles. The first kappa shape index (κ1) is 56.2. The normalized spacial score (nSPS) is 9.96. The summed E-state index contributed by atoms with van der Waals surface area (Å²) in [6, 6.07) is 10.4. The largest absolute Gasteiger partial charge is 0.396 e. The molecule has 0 bridgehead atoms. The molecule has 0 radical (unpaired) electrons. The molecule has 1 atom stereocenters. The van der Waals surface area contributed by atoms with Gasteiger partial charge in [-0.3, -0.25) is 0 Å². The van der Waals surface area contributed by atoms with Gasteiger partial charge in [0.15, 0.2) is 0 Å². The van der Waals surface area contributed by atoms with E-state index in [4.69, 9.17) is 44.6 Å². The zero-order valence-corrected chi connectivity index (χ0v) is 29.8. The number of benzene rings is 1. The second kappa shape index (κ2) is 61.8. The van der Waals surface area contributed by atoms with Crippen molar-refractivity contribution < 1.29 is 10.2 Å². The van der Waals surface area contributed by atoms with Crippen LogP contribution in [-0.4, -0.2) is 75.3 Å². The number of nitrogens with one attached hydrogen (secondary N) is 1. The molecule has 0 saturated carbocycles. The van der Waals surface area contributed by atoms with Crippen molar-refractivity contribution in [2.24, 2.45) is 34.4 Å². The summed E-state index contributed by atoms with van der Waals surface area (Å²) in [5.41, 5.74) is 32.8. The molecular formula is C36H85N7O2. The number of nitrogens with two attached hydrogens (primary N) is 6. The van der Waals surface area contributed by atoms with Crippen molar-refractivity contribution in [3.8, 4) is 0 Å². The van der Waals surface area contributed by atoms with Gasteiger partial charge in [-0.2, -0.15) is 0 Å². The lowest BCUT2D eigenvalue weighted by atomic mass is 10.1. The molecule has 0 spiro atoms. The minimum atomic E-state index is -0.151. The minimum Gasteiger partial charge on any atom is -0.396 e. The average Bonchev–Trinajstić information content (AvgIpc) is 3.03. The van der Waals surface area contributed by atoms with Crippen LogP contribution in [0.25, 0.3) is 0 Å². The molecular weight excluding hydrogens is 562 g/mol. The molecule has 9 heteroatoms. The molecule has 0 heterocycles. The summed E-state index contributed by atoms with van der Waals surface area (Å²) in [6.45, 7) is 15.4. The van der Waals surface area contributed by atoms with Gasteiger partial charge in [-0.25, -0.2) is 0 Å². The third-order valence-corrected chi connectivity index (χ3v) is 5.87. The molecule has 0 aliphatic heterocycles. The van der Waals surface area contributed by atoms with Crippen LogP contribution in [0, 0.1) is 0 Å². The highest BCUT2D eigenvalue weighted by atomic mass is 16.3. The van der Waals surface area contributed by atoms with E-state index in [-0.39, 0.29) is 13.5 Å². The van der Waals surface area contributed by atoms with Gasteiger partial charge in [-0.05, 0) is 135 Å². The van der Waals surface area contributed by atoms with E-state index in [0.717, 1.165) is 110 Å². The highest BCUT2D eigenvalue weighted by molar-refractivity contribution is 5.14. The van der Waals surface area contributed by atoms with Gasteiger partial charge in [0.1, 0.15) is 0 Å². The third kappa shape index (κ3) is 80.3. The van der Waals surface area contributed by atoms with Crippen LogP contribution in [0.4, 0.5) is 0 Å². The van der Waals surface area contributed by atoms with Crippen molar-refractivity contribution in [2.45, 2.75) is 138 Å². The van der Waals surface area contributed by atoms with Crippen LogP contribution in [-0.2, 0) is 6.42 Å². The zero-order chi connectivity index (χ0) is 34.4. The number of rotatable bonds is 21. The van der Waals surface area contributed by atoms with Crippen molar-refractivity contribution in [3.63, 3.8) is 0 Å². The Labute approximate surface area is 282 Å². The van der Waals surface area contributed by atoms with Gasteiger partial charge in [-0.15, -0.1) is 0 Å². The van der Waals surface area contributed by atoms with E-state index in [9.17, 15) is 0 Å². The number of hydrogen-bond donors (Lipinski definition) is 9. The number of aryl methyl sites for hydroxylation is 1. The molecule has 0 aromatic heterocycles. The Bertz CT molecular complexity index is 490. The minimum absolute atomic E-state index is 0. The molecule has 0 fully saturated rings. The molecule has 1 unspecified atom stereocenters. The quantitative estimate of drug-likeness (QED) is 0.0818. The molecule has 1 rings (SSSR count). The van der Waals surface area contributed by atoms with Gasteiger partial charge in [0.05, 0.1) is 6.10 Å². The van der Waals surface area contributed by atoms with Crippen LogP contribution in [0.2, 0.25) is 0 Å². The first-order valence-electron chi connectivity index (χ1n) is 17.6. The van der Waals surface area contributed by atoms with Crippen molar-refractivity contribution >= 4 is 0 Å². The standard InChI is InChI=1S/C9H13N.C6H15NO.C6H15N.C5H14N2.C5H13NO.C4H11N.CH4/c10-8-4-7-9-5-2-1-3-6-9;1-6(8)4-2-3-5-7;1-2-3-4-5-6-7;1-2-7-5-3-4-6;6-4-2-1-3-5-7;1-2-3-4-5;/h1-3,5-6H,4,7-8,10H2;6,8H,2-5,7H2,1H3;2-7H2,1H3;7H,2-6H2,1H3;7H,1-6H2;2-5H2,1H3;1H4. The first-order chi connectivity index (χ1) is 21.4. The Morgan fingerprint density at radius 2 is 1.07 bits per heavy atom. The fraction of sp³-hybridized carbons (Fsp3) is 0.833. The topological polar surface area (TPSA) is 209 Å². The Hall–Kier alpha value is -1.14. The van der Waals surface area contributed by atoms with Crippen molar-refractivity contribution in [3.05, 3.63) is 35.9 Å². The highest BCUT2D eigenvalue weighted by Crippen LogP contribution is 2.00. The predicted octanol–water partition coefficient (Wildman–Crippen LogP) is 5.03. The smallest absolute Gasteiger partial charge is 0.0512 e. The summed E-state index contributed by atoms with van der Waals surface area (Å²) in [5, 5.41) is 20.2. The van der Waals surface area contributed by atoms with Crippen LogP contribution in [0.3, 0.4) is 0 Å². The molecule has 45 heavy (non-hydrogen) atoms. The Morgan fingerprint density at radius 1 is 0.600 bits per heavy atom. The Morgan fingerprint density at radius 3 is 1.44 bits per heavy atom. The van der Waals surface area contributed by atoms with Crippen LogP contribution in [0.5, 0.6) is 0 Å². The van der Waals surface area contributed by atoms with E-state index in [1.165, 1.54) is 44.1 Å². The molecule has 276 valence electrons. The lowest BCUT2D eigenvalue weighted by Gasteiger charge is -2.00. The summed E-state index contributed by atoms with van der Waals surface area (Å²) >= 11 is 0. The van der Waals surface area contributed by atoms with E-state index in [1.54, 1.807) is 6.92 Å². The molecule has 9 nitrogen and oxygen atoms in total. The monoisotopic (exact) mass is 648 g/mol. The molecule has 0 amide bonds. The van der Waals surface area contributed by atoms with Crippen molar-refractivity contribution in [2.75, 3.05) is 59.0 Å². The van der Waals surface area contributed by atoms with Crippen LogP contribution >= 0.6 is 0 Å². The van der Waals surface area contributed by atoms with Gasteiger partial charge < -0.3 is 49.9 Å². The van der Waals surface area contributed by atoms with Crippen molar-refractivity contribution in [1.29, 1.82) is 0 Å². The van der Waals surface area contributed by atoms with Gasteiger partial charge >= 0.3 is 0 Å². The number of hydrogen-bond acceptors (Lipinski definition) is 9. The summed E-state index contributed by atoms with van der Waals surface area (Å²) < 4.78 is 0. The lowest BCUT2D eigenvalue weighted by Crippen LogP contribution is -2.17. The van der Waals surface area contributed by atoms with E-state index >= 15 is 0 Å². The highest BCUT2D eigenvalue weighted by Gasteiger charge is 1.92. The van der Waals surface area contributed by atoms with E-state index in [2.05, 4.69) is 50.4 Å². The predicted molar refractivity (Wildman–Crippen MR) is 204 cm³/mol. The maximum absolute atomic E-state index is 8.74. The van der Waals surface area contributed by atoms with Crippen LogP contribution in [0.15, 0.2) is 30.3 Å². The summed E-state index contributed by atoms with van der Waals surface area (Å²) in [5.74, 6) is 0. The molecule has 0 saturated heterocycles. The molecule has 0 aliphatic rings. The fourth-order valence-electron chi connectivity index (χ4n) is 3.15. The van der Waals surface area contributed by atoms with E-state index in [1.807, 2.05) is 6.07 Å². The van der Waals surface area contributed by atoms with Crippen LogP contribution < -0.4 is 39.7 Å². The Balaban J connectivity index is -0.000000102. The van der Waals surface area contributed by atoms with Gasteiger partial charge in [0.25, 0.3) is 0 Å². The number of aliphatic hydroxyl groups excluding tert-OH is 2. The van der Waals surface area contributed by atoms with Gasteiger partial charge in [0.2, 0.25) is 0 Å². The summed E-state index contributed by atoms with van der Waals surface area (Å²) in [6.07, 6.45) is 16.7. The number of aliphatic hydroxyl groups is 2. The second-order valence-corrected chi connectivity index (χ2v) is 10.6. The molecule has 15 N–H and O–H groups in total. The third-order valence-electron chi connectivity index (χ3n) is 5.87. The Kier molecular flexibility index (Phi) is 77.2. The number of unbranched alkanes of at least 4 members (excludes halogenated alkanes) is 7. The van der Waals surface area contributed by atoms with Gasteiger partial charge in [0, 0.05) is 6.61 Å². The SMILES string of the molecule is C.CC(O)CCCCN.CCCCCCN.CCCCN.CCNCCCN.NCCCCCO.NCCCc1ccccc1. The lowest BCUT2D eigenvalue weighted by molar-refractivity contribution is 0.181. The fourth-order valence-corrected chi connectivity index (χ4v) is 3.15. The maximum atomic E-state index is 8.74. The van der Waals surface area contributed by atoms with Crippen LogP contribution in [0.1, 0.15) is 131 Å². The maximum Gasteiger partial charge on any atom is 0.0512 e. The second-order valence-electron chi connectivity index (χ2n) is 10.6. The average molecular weight is 648 g/mol. The van der Waals surface area contributed by atoms with E-state index in [0.29, 0.717) is 6.61 Å². The summed E-state index contributed by atoms with van der Waals surface area (Å²) in [4.78, 5) is 0. The van der Waals surface area contributed by atoms with E-state index < -0.39 is 0 Å². The molecule has 1 aromatic rings. The zero-order valence-electron chi connectivity index (χ0n) is 29.8. The van der Waals surface area contributed by atoms with Gasteiger partial charge in [-0.1, -0.05) is 84.2 Å². The molecule has 0 aliphatic carbocycles.